The van der Waals surface area contributed by atoms with Crippen LogP contribution in [0.15, 0.2) is 12.7 Å². The molecule has 0 radical (unpaired) electrons. The molecule has 0 spiro atoms. The standard InChI is InChI=1S/C12H19NO4/c1-3-5-6-9(12(15)16)13-11(14)8-7-10(8)17-4-2/h3,8-10H,1,4-7H2,2H3,(H,13,14)(H,15,16). The Hall–Kier alpha value is -1.36. The summed E-state index contributed by atoms with van der Waals surface area (Å²) in [5.74, 6) is -1.41. The third-order valence-corrected chi connectivity index (χ3v) is 2.72. The molecule has 0 aromatic heterocycles. The van der Waals surface area contributed by atoms with E-state index in [1.807, 2.05) is 6.92 Å². The number of hydrogen-bond acceptors (Lipinski definition) is 3. The number of nitrogens with one attached hydrogen (secondary N) is 1. The number of allylic oxidation sites excluding steroid dienone is 1. The van der Waals surface area contributed by atoms with Crippen LogP contribution in [-0.4, -0.2) is 35.7 Å². The maximum atomic E-state index is 11.7. The van der Waals surface area contributed by atoms with Crippen molar-refractivity contribution < 1.29 is 19.4 Å². The SMILES string of the molecule is C=CCCC(NC(=O)C1CC1OCC)C(=O)O. The average molecular weight is 241 g/mol. The third kappa shape index (κ3) is 4.19. The minimum absolute atomic E-state index is 0.0335. The zero-order valence-corrected chi connectivity index (χ0v) is 10.0. The second-order valence-corrected chi connectivity index (χ2v) is 4.10. The van der Waals surface area contributed by atoms with Crippen LogP contribution in [0.3, 0.4) is 0 Å². The highest BCUT2D eigenvalue weighted by molar-refractivity contribution is 5.87. The molecule has 1 amide bonds. The van der Waals surface area contributed by atoms with Gasteiger partial charge >= 0.3 is 5.97 Å². The molecule has 17 heavy (non-hydrogen) atoms. The highest BCUT2D eigenvalue weighted by Gasteiger charge is 2.44. The molecular weight excluding hydrogens is 222 g/mol. The van der Waals surface area contributed by atoms with E-state index in [9.17, 15) is 9.59 Å². The van der Waals surface area contributed by atoms with Gasteiger partial charge in [0.25, 0.3) is 0 Å². The zero-order chi connectivity index (χ0) is 12.8. The first-order valence-corrected chi connectivity index (χ1v) is 5.85. The number of rotatable bonds is 8. The molecule has 5 heteroatoms. The molecular formula is C12H19NO4. The van der Waals surface area contributed by atoms with E-state index < -0.39 is 12.0 Å². The quantitative estimate of drug-likeness (QED) is 0.620. The van der Waals surface area contributed by atoms with E-state index in [2.05, 4.69) is 11.9 Å². The van der Waals surface area contributed by atoms with Gasteiger partial charge in [0.1, 0.15) is 6.04 Å². The fraction of sp³-hybridized carbons (Fsp3) is 0.667. The highest BCUT2D eigenvalue weighted by Crippen LogP contribution is 2.33. The molecule has 0 heterocycles. The van der Waals surface area contributed by atoms with E-state index in [4.69, 9.17) is 9.84 Å². The molecule has 0 aromatic rings. The van der Waals surface area contributed by atoms with Crippen molar-refractivity contribution in [3.05, 3.63) is 12.7 Å². The zero-order valence-electron chi connectivity index (χ0n) is 10.0. The molecule has 1 aliphatic rings. The van der Waals surface area contributed by atoms with Gasteiger partial charge in [0.2, 0.25) is 5.91 Å². The largest absolute Gasteiger partial charge is 0.480 e. The van der Waals surface area contributed by atoms with Crippen molar-refractivity contribution in [2.75, 3.05) is 6.61 Å². The summed E-state index contributed by atoms with van der Waals surface area (Å²) < 4.78 is 5.29. The summed E-state index contributed by atoms with van der Waals surface area (Å²) in [6, 6.07) is -0.830. The topological polar surface area (TPSA) is 75.6 Å². The van der Waals surface area contributed by atoms with Crippen LogP contribution in [0.2, 0.25) is 0 Å². The minimum Gasteiger partial charge on any atom is -0.480 e. The summed E-state index contributed by atoms with van der Waals surface area (Å²) >= 11 is 0. The summed E-state index contributed by atoms with van der Waals surface area (Å²) in [6.07, 6.45) is 3.23. The lowest BCUT2D eigenvalue weighted by atomic mass is 10.1. The normalized spacial score (nSPS) is 23.8. The van der Waals surface area contributed by atoms with Gasteiger partial charge in [-0.2, -0.15) is 0 Å². The van der Waals surface area contributed by atoms with Gasteiger partial charge in [-0.15, -0.1) is 6.58 Å². The smallest absolute Gasteiger partial charge is 0.326 e. The van der Waals surface area contributed by atoms with E-state index in [0.29, 0.717) is 25.9 Å². The number of carbonyl (C=O) groups excluding carboxylic acids is 1. The molecule has 3 unspecified atom stereocenters. The molecule has 5 nitrogen and oxygen atoms in total. The molecule has 1 fully saturated rings. The fourth-order valence-corrected chi connectivity index (χ4v) is 1.67. The molecule has 0 aliphatic heterocycles. The first kappa shape index (κ1) is 13.7. The van der Waals surface area contributed by atoms with Crippen LogP contribution in [0.1, 0.15) is 26.2 Å². The summed E-state index contributed by atoms with van der Waals surface area (Å²) in [4.78, 5) is 22.6. The van der Waals surface area contributed by atoms with Crippen LogP contribution in [0.25, 0.3) is 0 Å². The van der Waals surface area contributed by atoms with Crippen molar-refractivity contribution >= 4 is 11.9 Å². The van der Waals surface area contributed by atoms with Crippen molar-refractivity contribution in [1.29, 1.82) is 0 Å². The van der Waals surface area contributed by atoms with Crippen LogP contribution in [-0.2, 0) is 14.3 Å². The fourth-order valence-electron chi connectivity index (χ4n) is 1.67. The molecule has 0 saturated heterocycles. The Labute approximate surface area is 101 Å². The van der Waals surface area contributed by atoms with Crippen molar-refractivity contribution in [3.63, 3.8) is 0 Å². The van der Waals surface area contributed by atoms with Crippen molar-refractivity contribution in [1.82, 2.24) is 5.32 Å². The Morgan fingerprint density at radius 2 is 2.35 bits per heavy atom. The predicted molar refractivity (Wildman–Crippen MR) is 62.5 cm³/mol. The second-order valence-electron chi connectivity index (χ2n) is 4.10. The van der Waals surface area contributed by atoms with E-state index in [-0.39, 0.29) is 17.9 Å². The number of hydrogen-bond donors (Lipinski definition) is 2. The maximum absolute atomic E-state index is 11.7. The monoisotopic (exact) mass is 241 g/mol. The number of carboxylic acids is 1. The predicted octanol–water partition coefficient (Wildman–Crippen LogP) is 0.947. The Kier molecular flexibility index (Phi) is 5.15. The summed E-state index contributed by atoms with van der Waals surface area (Å²) in [6.45, 7) is 5.98. The molecule has 1 aliphatic carbocycles. The maximum Gasteiger partial charge on any atom is 0.326 e. The van der Waals surface area contributed by atoms with Crippen LogP contribution in [0.4, 0.5) is 0 Å². The van der Waals surface area contributed by atoms with Gasteiger partial charge in [0.05, 0.1) is 12.0 Å². The van der Waals surface area contributed by atoms with Crippen molar-refractivity contribution in [3.8, 4) is 0 Å². The van der Waals surface area contributed by atoms with E-state index in [1.54, 1.807) is 6.08 Å². The molecule has 0 aromatic carbocycles. The van der Waals surface area contributed by atoms with Gasteiger partial charge in [-0.3, -0.25) is 4.79 Å². The Morgan fingerprint density at radius 1 is 1.65 bits per heavy atom. The first-order valence-electron chi connectivity index (χ1n) is 5.85. The summed E-state index contributed by atoms with van der Waals surface area (Å²) in [5.41, 5.74) is 0. The number of aliphatic carboxylic acids is 1. The van der Waals surface area contributed by atoms with Crippen LogP contribution < -0.4 is 5.32 Å². The number of carbonyl (C=O) groups is 2. The lowest BCUT2D eigenvalue weighted by molar-refractivity contribution is -0.142. The lowest BCUT2D eigenvalue weighted by Gasteiger charge is -2.13. The van der Waals surface area contributed by atoms with E-state index >= 15 is 0 Å². The van der Waals surface area contributed by atoms with E-state index in [0.717, 1.165) is 0 Å². The van der Waals surface area contributed by atoms with Crippen molar-refractivity contribution in [2.24, 2.45) is 5.92 Å². The highest BCUT2D eigenvalue weighted by atomic mass is 16.5. The van der Waals surface area contributed by atoms with Crippen LogP contribution in [0.5, 0.6) is 0 Å². The molecule has 1 saturated carbocycles. The van der Waals surface area contributed by atoms with Crippen molar-refractivity contribution in [2.45, 2.75) is 38.3 Å². The van der Waals surface area contributed by atoms with Gasteiger partial charge in [-0.05, 0) is 26.2 Å². The van der Waals surface area contributed by atoms with Crippen LogP contribution >= 0.6 is 0 Å². The first-order chi connectivity index (χ1) is 8.10. The number of amides is 1. The molecule has 2 N–H and O–H groups in total. The van der Waals surface area contributed by atoms with Gasteiger partial charge < -0.3 is 15.2 Å². The third-order valence-electron chi connectivity index (χ3n) is 2.72. The van der Waals surface area contributed by atoms with Gasteiger partial charge in [0, 0.05) is 6.61 Å². The summed E-state index contributed by atoms with van der Waals surface area (Å²) in [7, 11) is 0. The van der Waals surface area contributed by atoms with Gasteiger partial charge in [-0.1, -0.05) is 6.08 Å². The molecule has 3 atom stereocenters. The molecule has 0 bridgehead atoms. The van der Waals surface area contributed by atoms with Gasteiger partial charge in [-0.25, -0.2) is 4.79 Å². The summed E-state index contributed by atoms with van der Waals surface area (Å²) in [5, 5.41) is 11.5. The molecule has 1 rings (SSSR count). The van der Waals surface area contributed by atoms with Gasteiger partial charge in [0.15, 0.2) is 0 Å². The number of carboxylic acid groups (broad SMARTS) is 1. The van der Waals surface area contributed by atoms with Crippen LogP contribution in [0, 0.1) is 5.92 Å². The molecule has 96 valence electrons. The average Bonchev–Trinajstić information content (AvgIpc) is 3.03. The Balaban J connectivity index is 2.37. The second kappa shape index (κ2) is 6.39. The lowest BCUT2D eigenvalue weighted by Crippen LogP contribution is -2.41. The number of ether oxygens (including phenoxy) is 1. The van der Waals surface area contributed by atoms with E-state index in [1.165, 1.54) is 0 Å². The Bertz CT molecular complexity index is 303. The Morgan fingerprint density at radius 3 is 2.88 bits per heavy atom. The minimum atomic E-state index is -1.01.